The van der Waals surface area contributed by atoms with Crippen molar-refractivity contribution in [3.8, 4) is 0 Å². The van der Waals surface area contributed by atoms with Gasteiger partial charge in [0.15, 0.2) is 0 Å². The molecule has 0 aliphatic heterocycles. The van der Waals surface area contributed by atoms with Gasteiger partial charge in [0.25, 0.3) is 0 Å². The molecule has 6 nitrogen and oxygen atoms in total. The van der Waals surface area contributed by atoms with Crippen LogP contribution in [0.25, 0.3) is 0 Å². The summed E-state index contributed by atoms with van der Waals surface area (Å²) in [5.41, 5.74) is 0. The average molecular weight is 385 g/mol. The Morgan fingerprint density at radius 3 is 2.70 bits per heavy atom. The molecule has 114 valence electrons. The van der Waals surface area contributed by atoms with E-state index in [9.17, 15) is 13.2 Å². The van der Waals surface area contributed by atoms with E-state index in [1.54, 1.807) is 6.92 Å². The molecule has 0 aliphatic carbocycles. The van der Waals surface area contributed by atoms with Crippen LogP contribution in [0.2, 0.25) is 0 Å². The number of carbonyl (C=O) groups excluding carboxylic acids is 1. The van der Waals surface area contributed by atoms with Crippen molar-refractivity contribution in [2.45, 2.75) is 24.8 Å². The molecule has 1 atom stereocenters. The van der Waals surface area contributed by atoms with Gasteiger partial charge in [-0.05, 0) is 35.8 Å². The second-order valence-electron chi connectivity index (χ2n) is 4.10. The molecule has 0 spiro atoms. The summed E-state index contributed by atoms with van der Waals surface area (Å²) in [6.07, 6.45) is 0. The molecule has 0 saturated carbocycles. The van der Waals surface area contributed by atoms with Crippen LogP contribution in [0.4, 0.5) is 0 Å². The number of methoxy groups -OCH3 is 1. The van der Waals surface area contributed by atoms with E-state index >= 15 is 0 Å². The number of halogens is 1. The number of ether oxygens (including phenoxy) is 1. The van der Waals surface area contributed by atoms with Gasteiger partial charge in [0.1, 0.15) is 0 Å². The Balaban J connectivity index is 2.71. The fourth-order valence-corrected chi connectivity index (χ4v) is 5.09. The van der Waals surface area contributed by atoms with Crippen molar-refractivity contribution in [1.82, 2.24) is 10.0 Å². The molecule has 0 aromatic carbocycles. The molecule has 1 rings (SSSR count). The number of carbonyl (C=O) groups is 1. The van der Waals surface area contributed by atoms with Gasteiger partial charge in [-0.2, -0.15) is 4.72 Å². The Kier molecular flexibility index (Phi) is 6.59. The van der Waals surface area contributed by atoms with Crippen LogP contribution >= 0.6 is 27.3 Å². The maximum absolute atomic E-state index is 12.2. The highest BCUT2D eigenvalue weighted by Gasteiger charge is 2.24. The van der Waals surface area contributed by atoms with Crippen molar-refractivity contribution < 1.29 is 17.9 Å². The molecule has 0 saturated heterocycles. The van der Waals surface area contributed by atoms with Gasteiger partial charge in [0.05, 0.1) is 21.3 Å². The zero-order valence-corrected chi connectivity index (χ0v) is 14.6. The lowest BCUT2D eigenvalue weighted by molar-refractivity contribution is -0.122. The highest BCUT2D eigenvalue weighted by Crippen LogP contribution is 2.29. The molecular formula is C11H17BrN2O4S2. The summed E-state index contributed by atoms with van der Waals surface area (Å²) < 4.78 is 32.3. The van der Waals surface area contributed by atoms with E-state index < -0.39 is 22.0 Å². The smallest absolute Gasteiger partial charge is 0.242 e. The van der Waals surface area contributed by atoms with Crippen molar-refractivity contribution in [2.75, 3.05) is 20.3 Å². The van der Waals surface area contributed by atoms with E-state index in [2.05, 4.69) is 26.0 Å². The van der Waals surface area contributed by atoms with E-state index in [0.717, 1.165) is 3.79 Å². The number of sulfonamides is 1. The van der Waals surface area contributed by atoms with Crippen LogP contribution in [-0.2, 0) is 19.6 Å². The van der Waals surface area contributed by atoms with Crippen LogP contribution in [0.15, 0.2) is 14.7 Å². The van der Waals surface area contributed by atoms with Crippen LogP contribution in [0.1, 0.15) is 11.8 Å². The average Bonchev–Trinajstić information content (AvgIpc) is 2.69. The predicted octanol–water partition coefficient (Wildman–Crippen LogP) is 1.25. The molecule has 2 N–H and O–H groups in total. The highest BCUT2D eigenvalue weighted by atomic mass is 79.9. The van der Waals surface area contributed by atoms with Gasteiger partial charge in [0.2, 0.25) is 15.9 Å². The first-order valence-corrected chi connectivity index (χ1v) is 8.92. The molecule has 0 bridgehead atoms. The Morgan fingerprint density at radius 2 is 2.20 bits per heavy atom. The number of hydrogen-bond acceptors (Lipinski definition) is 5. The van der Waals surface area contributed by atoms with Crippen molar-refractivity contribution in [1.29, 1.82) is 0 Å². The number of aryl methyl sites for hydroxylation is 1. The number of thiophene rings is 1. The molecule has 20 heavy (non-hydrogen) atoms. The molecule has 0 fully saturated rings. The number of amides is 1. The van der Waals surface area contributed by atoms with E-state index in [1.165, 1.54) is 31.4 Å². The molecule has 1 aromatic rings. The number of hydrogen-bond donors (Lipinski definition) is 2. The fraction of sp³-hybridized carbons (Fsp3) is 0.545. The third kappa shape index (κ3) is 4.81. The Hall–Kier alpha value is -0.480. The maximum atomic E-state index is 12.2. The zero-order chi connectivity index (χ0) is 15.3. The predicted molar refractivity (Wildman–Crippen MR) is 81.4 cm³/mol. The SMILES string of the molecule is COCCNC(=O)C(C)NS(=O)(=O)c1cc(Br)sc1C. The molecule has 1 unspecified atom stereocenters. The summed E-state index contributed by atoms with van der Waals surface area (Å²) in [4.78, 5) is 12.6. The zero-order valence-electron chi connectivity index (χ0n) is 11.4. The van der Waals surface area contributed by atoms with Gasteiger partial charge in [-0.15, -0.1) is 11.3 Å². The van der Waals surface area contributed by atoms with E-state index in [1.807, 2.05) is 0 Å². The summed E-state index contributed by atoms with van der Waals surface area (Å²) >= 11 is 4.57. The first-order valence-electron chi connectivity index (χ1n) is 5.83. The van der Waals surface area contributed by atoms with Gasteiger partial charge in [0, 0.05) is 18.5 Å². The lowest BCUT2D eigenvalue weighted by Crippen LogP contribution is -2.45. The molecule has 0 aliphatic rings. The Labute approximate surface area is 131 Å². The molecule has 1 aromatic heterocycles. The first-order chi connectivity index (χ1) is 9.27. The minimum atomic E-state index is -3.71. The lowest BCUT2D eigenvalue weighted by atomic mass is 10.3. The third-order valence-electron chi connectivity index (χ3n) is 2.46. The van der Waals surface area contributed by atoms with Crippen LogP contribution in [0.5, 0.6) is 0 Å². The second-order valence-corrected chi connectivity index (χ2v) is 8.42. The summed E-state index contributed by atoms with van der Waals surface area (Å²) in [6, 6.07) is 0.674. The largest absolute Gasteiger partial charge is 0.383 e. The Bertz CT molecular complexity index is 571. The summed E-state index contributed by atoms with van der Waals surface area (Å²) in [5, 5.41) is 2.58. The number of rotatable bonds is 7. The minimum Gasteiger partial charge on any atom is -0.383 e. The van der Waals surface area contributed by atoms with Gasteiger partial charge in [-0.3, -0.25) is 4.79 Å². The van der Waals surface area contributed by atoms with Gasteiger partial charge >= 0.3 is 0 Å². The van der Waals surface area contributed by atoms with E-state index in [4.69, 9.17) is 4.74 Å². The minimum absolute atomic E-state index is 0.186. The fourth-order valence-electron chi connectivity index (χ4n) is 1.48. The van der Waals surface area contributed by atoms with Crippen molar-refractivity contribution >= 4 is 43.2 Å². The van der Waals surface area contributed by atoms with Gasteiger partial charge < -0.3 is 10.1 Å². The van der Waals surface area contributed by atoms with Crippen LogP contribution in [-0.4, -0.2) is 40.6 Å². The van der Waals surface area contributed by atoms with E-state index in [0.29, 0.717) is 18.0 Å². The topological polar surface area (TPSA) is 84.5 Å². The summed E-state index contributed by atoms with van der Waals surface area (Å²) in [7, 11) is -2.18. The van der Waals surface area contributed by atoms with Gasteiger partial charge in [-0.25, -0.2) is 8.42 Å². The molecule has 9 heteroatoms. The van der Waals surface area contributed by atoms with Crippen molar-refractivity contribution in [2.24, 2.45) is 0 Å². The molecule has 0 radical (unpaired) electrons. The van der Waals surface area contributed by atoms with Crippen LogP contribution < -0.4 is 10.0 Å². The lowest BCUT2D eigenvalue weighted by Gasteiger charge is -2.14. The summed E-state index contributed by atoms with van der Waals surface area (Å²) in [6.45, 7) is 3.93. The standard InChI is InChI=1S/C11H17BrN2O4S2/c1-7(11(15)13-4-5-18-3)14-20(16,17)9-6-10(12)19-8(9)2/h6-7,14H,4-5H2,1-3H3,(H,13,15). The normalized spacial score (nSPS) is 13.2. The van der Waals surface area contributed by atoms with Crippen LogP contribution in [0, 0.1) is 6.92 Å². The Morgan fingerprint density at radius 1 is 1.55 bits per heavy atom. The number of nitrogens with one attached hydrogen (secondary N) is 2. The van der Waals surface area contributed by atoms with E-state index in [-0.39, 0.29) is 4.90 Å². The second kappa shape index (κ2) is 7.51. The van der Waals surface area contributed by atoms with Gasteiger partial charge in [-0.1, -0.05) is 0 Å². The molecule has 1 heterocycles. The molecule has 1 amide bonds. The monoisotopic (exact) mass is 384 g/mol. The molecular weight excluding hydrogens is 368 g/mol. The maximum Gasteiger partial charge on any atom is 0.242 e. The van der Waals surface area contributed by atoms with Crippen molar-refractivity contribution in [3.63, 3.8) is 0 Å². The quantitative estimate of drug-likeness (QED) is 0.692. The van der Waals surface area contributed by atoms with Crippen molar-refractivity contribution in [3.05, 3.63) is 14.7 Å². The van der Waals surface area contributed by atoms with Crippen LogP contribution in [0.3, 0.4) is 0 Å². The first kappa shape index (κ1) is 17.6. The highest BCUT2D eigenvalue weighted by molar-refractivity contribution is 9.11. The summed E-state index contributed by atoms with van der Waals surface area (Å²) in [5.74, 6) is -0.391. The third-order valence-corrected chi connectivity index (χ3v) is 5.81.